The van der Waals surface area contributed by atoms with Crippen molar-refractivity contribution in [3.8, 4) is 11.3 Å². The van der Waals surface area contributed by atoms with Crippen LogP contribution in [0.5, 0.6) is 0 Å². The molecule has 1 aliphatic heterocycles. The molecule has 1 aliphatic rings. The van der Waals surface area contributed by atoms with Crippen LogP contribution in [0.1, 0.15) is 41.6 Å². The Balaban J connectivity index is 1.54. The Morgan fingerprint density at radius 1 is 1.03 bits per heavy atom. The summed E-state index contributed by atoms with van der Waals surface area (Å²) in [5, 5.41) is 3.75. The van der Waals surface area contributed by atoms with E-state index in [1.807, 2.05) is 18.2 Å². The lowest BCUT2D eigenvalue weighted by molar-refractivity contribution is 0.0929. The third-order valence-electron chi connectivity index (χ3n) is 5.50. The zero-order valence-electron chi connectivity index (χ0n) is 16.7. The first kappa shape index (κ1) is 19.0. The van der Waals surface area contributed by atoms with Gasteiger partial charge < -0.3 is 5.32 Å². The number of amides is 1. The quantitative estimate of drug-likeness (QED) is 0.555. The average molecular weight is 412 g/mol. The fraction of sp³-hybridized carbons (Fsp3) is 0.217. The molecule has 0 saturated carbocycles. The number of rotatable bonds is 3. The van der Waals surface area contributed by atoms with Gasteiger partial charge >= 0.3 is 0 Å². The van der Waals surface area contributed by atoms with E-state index in [0.717, 1.165) is 18.4 Å². The van der Waals surface area contributed by atoms with Crippen molar-refractivity contribution in [2.45, 2.75) is 31.8 Å². The highest BCUT2D eigenvalue weighted by Crippen LogP contribution is 2.25. The van der Waals surface area contributed by atoms with Gasteiger partial charge in [0.25, 0.3) is 11.5 Å². The number of fused-ring (bicyclic) bond motifs is 2. The molecule has 0 aliphatic carbocycles. The van der Waals surface area contributed by atoms with Crippen LogP contribution in [-0.2, 0) is 6.54 Å². The number of nitrogens with zero attached hydrogens (tertiary/aromatic N) is 5. The Kier molecular flexibility index (Phi) is 4.95. The van der Waals surface area contributed by atoms with Crippen LogP contribution in [0.4, 0.5) is 0 Å². The molecule has 5 rings (SSSR count). The molecule has 0 bridgehead atoms. The molecule has 4 aromatic heterocycles. The summed E-state index contributed by atoms with van der Waals surface area (Å²) >= 11 is 0. The van der Waals surface area contributed by atoms with Crippen molar-refractivity contribution in [2.75, 3.05) is 0 Å². The minimum atomic E-state index is -0.391. The highest BCUT2D eigenvalue weighted by Gasteiger charge is 2.25. The Bertz CT molecular complexity index is 1310. The summed E-state index contributed by atoms with van der Waals surface area (Å²) in [6.07, 6.45) is 9.02. The van der Waals surface area contributed by atoms with Crippen LogP contribution in [-0.4, -0.2) is 30.4 Å². The molecule has 0 aromatic carbocycles. The summed E-state index contributed by atoms with van der Waals surface area (Å²) in [4.78, 5) is 43.4. The van der Waals surface area contributed by atoms with E-state index in [-0.39, 0.29) is 11.5 Å². The molecule has 8 nitrogen and oxygen atoms in total. The summed E-state index contributed by atoms with van der Waals surface area (Å²) in [5.74, 6) is 0.268. The van der Waals surface area contributed by atoms with Gasteiger partial charge in [0, 0.05) is 48.3 Å². The summed E-state index contributed by atoms with van der Waals surface area (Å²) in [6.45, 7) is 0.584. The molecule has 1 unspecified atom stereocenters. The maximum atomic E-state index is 13.2. The van der Waals surface area contributed by atoms with Crippen molar-refractivity contribution in [3.63, 3.8) is 0 Å². The highest BCUT2D eigenvalue weighted by molar-refractivity contribution is 6.04. The standard InChI is InChI=1S/C23H20N6O2/c30-20-14-19(15-6-10-24-11-7-15)27-22-18(5-1-2-13-29(20)22)28-23(31)21-16-4-3-9-25-17(16)8-12-26-21/h3-4,6-12,14,18H,1-2,5,13H2,(H,28,31). The first-order valence-electron chi connectivity index (χ1n) is 10.2. The van der Waals surface area contributed by atoms with Crippen molar-refractivity contribution in [2.24, 2.45) is 0 Å². The molecule has 1 N–H and O–H groups in total. The molecular formula is C23H20N6O2. The second-order valence-electron chi connectivity index (χ2n) is 7.48. The van der Waals surface area contributed by atoms with Crippen molar-refractivity contribution in [1.82, 2.24) is 29.8 Å². The molecule has 1 amide bonds. The monoisotopic (exact) mass is 412 g/mol. The second kappa shape index (κ2) is 8.06. The van der Waals surface area contributed by atoms with Crippen molar-refractivity contribution in [1.29, 1.82) is 0 Å². The Labute approximate surface area is 178 Å². The minimum absolute atomic E-state index is 0.120. The Hall–Kier alpha value is -3.94. The molecule has 8 heteroatoms. The van der Waals surface area contributed by atoms with Gasteiger partial charge in [-0.25, -0.2) is 4.98 Å². The Morgan fingerprint density at radius 3 is 2.77 bits per heavy atom. The third-order valence-corrected chi connectivity index (χ3v) is 5.50. The van der Waals surface area contributed by atoms with Crippen LogP contribution in [0.2, 0.25) is 0 Å². The maximum Gasteiger partial charge on any atom is 0.271 e. The highest BCUT2D eigenvalue weighted by atomic mass is 16.2. The minimum Gasteiger partial charge on any atom is -0.341 e. The SMILES string of the molecule is O=C(NC1CCCCn2c1nc(-c1ccncc1)cc2=O)c1nccc2ncccc12. The number of carbonyl (C=O) groups is 1. The molecular weight excluding hydrogens is 392 g/mol. The average Bonchev–Trinajstić information content (AvgIpc) is 3.02. The zero-order valence-corrected chi connectivity index (χ0v) is 16.7. The predicted octanol–water partition coefficient (Wildman–Crippen LogP) is 2.90. The van der Waals surface area contributed by atoms with Gasteiger partial charge in [-0.05, 0) is 49.6 Å². The molecule has 154 valence electrons. The van der Waals surface area contributed by atoms with E-state index in [2.05, 4.69) is 20.3 Å². The first-order valence-corrected chi connectivity index (χ1v) is 10.2. The summed E-state index contributed by atoms with van der Waals surface area (Å²) in [7, 11) is 0. The summed E-state index contributed by atoms with van der Waals surface area (Å²) in [6, 6.07) is 10.2. The van der Waals surface area contributed by atoms with E-state index >= 15 is 0 Å². The van der Waals surface area contributed by atoms with E-state index in [9.17, 15) is 9.59 Å². The lowest BCUT2D eigenvalue weighted by Crippen LogP contribution is -2.34. The van der Waals surface area contributed by atoms with Gasteiger partial charge in [-0.1, -0.05) is 0 Å². The molecule has 31 heavy (non-hydrogen) atoms. The van der Waals surface area contributed by atoms with Gasteiger partial charge in [0.15, 0.2) is 0 Å². The maximum absolute atomic E-state index is 13.2. The smallest absolute Gasteiger partial charge is 0.271 e. The predicted molar refractivity (Wildman–Crippen MR) is 115 cm³/mol. The Morgan fingerprint density at radius 2 is 1.90 bits per heavy atom. The largest absolute Gasteiger partial charge is 0.341 e. The van der Waals surface area contributed by atoms with E-state index in [1.54, 1.807) is 47.6 Å². The van der Waals surface area contributed by atoms with Crippen LogP contribution in [0.25, 0.3) is 22.2 Å². The van der Waals surface area contributed by atoms with Crippen LogP contribution in [0.15, 0.2) is 66.0 Å². The van der Waals surface area contributed by atoms with E-state index < -0.39 is 6.04 Å². The van der Waals surface area contributed by atoms with Crippen molar-refractivity contribution < 1.29 is 4.79 Å². The van der Waals surface area contributed by atoms with Crippen LogP contribution < -0.4 is 10.9 Å². The van der Waals surface area contributed by atoms with Gasteiger partial charge in [0.2, 0.25) is 0 Å². The van der Waals surface area contributed by atoms with Gasteiger partial charge in [-0.15, -0.1) is 0 Å². The number of pyridine rings is 3. The molecule has 1 atom stereocenters. The van der Waals surface area contributed by atoms with Crippen molar-refractivity contribution in [3.05, 3.63) is 83.1 Å². The van der Waals surface area contributed by atoms with Crippen LogP contribution in [0, 0.1) is 0 Å². The normalized spacial score (nSPS) is 15.8. The van der Waals surface area contributed by atoms with Crippen LogP contribution in [0.3, 0.4) is 0 Å². The van der Waals surface area contributed by atoms with Gasteiger partial charge in [-0.2, -0.15) is 0 Å². The zero-order chi connectivity index (χ0) is 21.2. The number of hydrogen-bond acceptors (Lipinski definition) is 6. The summed E-state index contributed by atoms with van der Waals surface area (Å²) in [5.41, 5.74) is 2.29. The fourth-order valence-corrected chi connectivity index (χ4v) is 3.98. The molecule has 0 fully saturated rings. The number of nitrogens with one attached hydrogen (secondary N) is 1. The number of aromatic nitrogens is 5. The van der Waals surface area contributed by atoms with Gasteiger partial charge in [0.1, 0.15) is 11.5 Å². The lowest BCUT2D eigenvalue weighted by Gasteiger charge is -2.20. The number of hydrogen-bond donors (Lipinski definition) is 1. The molecule has 5 heterocycles. The summed E-state index contributed by atoms with van der Waals surface area (Å²) < 4.78 is 1.67. The lowest BCUT2D eigenvalue weighted by atomic mass is 10.1. The number of carbonyl (C=O) groups excluding carboxylic acids is 1. The first-order chi connectivity index (χ1) is 15.2. The van der Waals surface area contributed by atoms with E-state index in [0.29, 0.717) is 41.1 Å². The van der Waals surface area contributed by atoms with E-state index in [1.165, 1.54) is 0 Å². The molecule has 0 spiro atoms. The van der Waals surface area contributed by atoms with E-state index in [4.69, 9.17) is 4.98 Å². The van der Waals surface area contributed by atoms with Crippen molar-refractivity contribution >= 4 is 16.8 Å². The van der Waals surface area contributed by atoms with Gasteiger partial charge in [0.05, 0.1) is 17.3 Å². The second-order valence-corrected chi connectivity index (χ2v) is 7.48. The third kappa shape index (κ3) is 3.68. The fourth-order valence-electron chi connectivity index (χ4n) is 3.98. The topological polar surface area (TPSA) is 103 Å². The van der Waals surface area contributed by atoms with Gasteiger partial charge in [-0.3, -0.25) is 29.1 Å². The molecule has 0 saturated heterocycles. The molecule has 4 aromatic rings. The molecule has 0 radical (unpaired) electrons. The van der Waals surface area contributed by atoms with Crippen LogP contribution >= 0.6 is 0 Å².